The van der Waals surface area contributed by atoms with Crippen LogP contribution < -0.4 is 0 Å². The number of hydrogen-bond donors (Lipinski definition) is 0. The third-order valence-electron chi connectivity index (χ3n) is 2.52. The van der Waals surface area contributed by atoms with Crippen molar-refractivity contribution >= 4 is 0 Å². The Labute approximate surface area is 72.4 Å². The van der Waals surface area contributed by atoms with E-state index < -0.39 is 0 Å². The zero-order valence-electron chi connectivity index (χ0n) is 9.07. The van der Waals surface area contributed by atoms with Gasteiger partial charge in [-0.3, -0.25) is 0 Å². The molecule has 0 fully saturated rings. The Kier molecular flexibility index (Phi) is 4.13. The second kappa shape index (κ2) is 4.13. The van der Waals surface area contributed by atoms with Crippen molar-refractivity contribution in [2.75, 3.05) is 0 Å². The molecule has 0 saturated carbocycles. The molecule has 0 amide bonds. The lowest BCUT2D eigenvalue weighted by Gasteiger charge is -2.33. The van der Waals surface area contributed by atoms with Crippen LogP contribution in [-0.4, -0.2) is 0 Å². The van der Waals surface area contributed by atoms with Crippen LogP contribution in [-0.2, 0) is 0 Å². The topological polar surface area (TPSA) is 0 Å². The molecule has 11 heavy (non-hydrogen) atoms. The van der Waals surface area contributed by atoms with E-state index in [-0.39, 0.29) is 0 Å². The smallest absolute Gasteiger partial charge is 0.0342 e. The van der Waals surface area contributed by atoms with Crippen LogP contribution in [0.1, 0.15) is 54.4 Å². The molecule has 0 unspecified atom stereocenters. The fraction of sp³-hybridized carbons (Fsp3) is 1.00. The zero-order chi connectivity index (χ0) is 9.07. The van der Waals surface area contributed by atoms with Gasteiger partial charge in [0.2, 0.25) is 0 Å². The van der Waals surface area contributed by atoms with Gasteiger partial charge in [-0.15, -0.1) is 0 Å². The molecule has 0 aromatic heterocycles. The standard InChI is InChI=1S/C11H24/c1-7-8-10(9(2)3)11(4,5)6/h9-10H,7-8H2,1-6H3/t10-/m1/s1. The predicted octanol–water partition coefficient (Wildman–Crippen LogP) is 4.10. The van der Waals surface area contributed by atoms with E-state index >= 15 is 0 Å². The maximum absolute atomic E-state index is 2.35. The van der Waals surface area contributed by atoms with Crippen molar-refractivity contribution in [3.63, 3.8) is 0 Å². The minimum absolute atomic E-state index is 0.490. The average molecular weight is 156 g/mol. The summed E-state index contributed by atoms with van der Waals surface area (Å²) in [6, 6.07) is 0. The van der Waals surface area contributed by atoms with Crippen molar-refractivity contribution in [2.24, 2.45) is 17.3 Å². The molecule has 0 saturated heterocycles. The van der Waals surface area contributed by atoms with E-state index in [0.29, 0.717) is 5.41 Å². The lowest BCUT2D eigenvalue weighted by molar-refractivity contribution is 0.165. The first kappa shape index (κ1) is 11.0. The highest BCUT2D eigenvalue weighted by Crippen LogP contribution is 2.35. The summed E-state index contributed by atoms with van der Waals surface area (Å²) in [4.78, 5) is 0. The summed E-state index contributed by atoms with van der Waals surface area (Å²) in [6.45, 7) is 14.0. The van der Waals surface area contributed by atoms with Crippen LogP contribution in [0.3, 0.4) is 0 Å². The Hall–Kier alpha value is 0. The third kappa shape index (κ3) is 3.79. The highest BCUT2D eigenvalue weighted by atomic mass is 14.3. The predicted molar refractivity (Wildman–Crippen MR) is 52.7 cm³/mol. The number of rotatable bonds is 3. The molecule has 0 heterocycles. The van der Waals surface area contributed by atoms with Crippen LogP contribution in [0.2, 0.25) is 0 Å². The molecule has 0 aliphatic heterocycles. The monoisotopic (exact) mass is 156 g/mol. The summed E-state index contributed by atoms with van der Waals surface area (Å²) in [7, 11) is 0. The van der Waals surface area contributed by atoms with Gasteiger partial charge in [0, 0.05) is 0 Å². The fourth-order valence-electron chi connectivity index (χ4n) is 2.08. The van der Waals surface area contributed by atoms with Crippen LogP contribution in [0.25, 0.3) is 0 Å². The largest absolute Gasteiger partial charge is 0.0654 e. The van der Waals surface area contributed by atoms with E-state index in [9.17, 15) is 0 Å². The van der Waals surface area contributed by atoms with Gasteiger partial charge in [-0.2, -0.15) is 0 Å². The molecule has 0 aliphatic carbocycles. The first-order valence-corrected chi connectivity index (χ1v) is 4.89. The Bertz CT molecular complexity index is 95.1. The molecule has 1 atom stereocenters. The maximum Gasteiger partial charge on any atom is -0.0342 e. The maximum atomic E-state index is 2.35. The molecule has 0 rings (SSSR count). The molecule has 0 aromatic rings. The first-order chi connectivity index (χ1) is 4.89. The van der Waals surface area contributed by atoms with Gasteiger partial charge in [0.1, 0.15) is 0 Å². The van der Waals surface area contributed by atoms with Gasteiger partial charge in [-0.25, -0.2) is 0 Å². The molecule has 0 heteroatoms. The summed E-state index contributed by atoms with van der Waals surface area (Å²) in [5, 5.41) is 0. The molecule has 0 aliphatic rings. The van der Waals surface area contributed by atoms with Crippen LogP contribution in [0, 0.1) is 17.3 Å². The van der Waals surface area contributed by atoms with Crippen molar-refractivity contribution < 1.29 is 0 Å². The average Bonchev–Trinajstić information content (AvgIpc) is 1.79. The van der Waals surface area contributed by atoms with Crippen molar-refractivity contribution in [1.82, 2.24) is 0 Å². The molecule has 0 spiro atoms. The van der Waals surface area contributed by atoms with Crippen molar-refractivity contribution in [1.29, 1.82) is 0 Å². The third-order valence-corrected chi connectivity index (χ3v) is 2.52. The summed E-state index contributed by atoms with van der Waals surface area (Å²) in [5.41, 5.74) is 0.490. The van der Waals surface area contributed by atoms with Gasteiger partial charge in [-0.05, 0) is 23.7 Å². The van der Waals surface area contributed by atoms with Crippen LogP contribution in [0.15, 0.2) is 0 Å². The minimum Gasteiger partial charge on any atom is -0.0654 e. The van der Waals surface area contributed by atoms with Gasteiger partial charge >= 0.3 is 0 Å². The highest BCUT2D eigenvalue weighted by Gasteiger charge is 2.25. The Morgan fingerprint density at radius 3 is 1.64 bits per heavy atom. The summed E-state index contributed by atoms with van der Waals surface area (Å²) < 4.78 is 0. The van der Waals surface area contributed by atoms with Gasteiger partial charge in [-0.1, -0.05) is 48.0 Å². The Morgan fingerprint density at radius 2 is 1.55 bits per heavy atom. The molecular formula is C11H24. The molecule has 68 valence electrons. The lowest BCUT2D eigenvalue weighted by Crippen LogP contribution is -2.25. The number of hydrogen-bond acceptors (Lipinski definition) is 0. The summed E-state index contributed by atoms with van der Waals surface area (Å²) >= 11 is 0. The molecule has 0 nitrogen and oxygen atoms in total. The molecule has 0 N–H and O–H groups in total. The van der Waals surface area contributed by atoms with Crippen molar-refractivity contribution in [3.05, 3.63) is 0 Å². The van der Waals surface area contributed by atoms with Gasteiger partial charge in [0.25, 0.3) is 0 Å². The van der Waals surface area contributed by atoms with Crippen LogP contribution >= 0.6 is 0 Å². The Morgan fingerprint density at radius 1 is 1.09 bits per heavy atom. The summed E-state index contributed by atoms with van der Waals surface area (Å²) in [6.07, 6.45) is 2.70. The molecule has 0 radical (unpaired) electrons. The van der Waals surface area contributed by atoms with E-state index in [2.05, 4.69) is 41.5 Å². The molecule has 0 aromatic carbocycles. The normalized spacial score (nSPS) is 15.5. The fourth-order valence-corrected chi connectivity index (χ4v) is 2.08. The first-order valence-electron chi connectivity index (χ1n) is 4.89. The molecular weight excluding hydrogens is 132 g/mol. The van der Waals surface area contributed by atoms with Crippen molar-refractivity contribution in [2.45, 2.75) is 54.4 Å². The van der Waals surface area contributed by atoms with Gasteiger partial charge in [0.15, 0.2) is 0 Å². The van der Waals surface area contributed by atoms with E-state index in [0.717, 1.165) is 11.8 Å². The second-order valence-corrected chi connectivity index (χ2v) is 5.01. The summed E-state index contributed by atoms with van der Waals surface area (Å²) in [5.74, 6) is 1.71. The highest BCUT2D eigenvalue weighted by molar-refractivity contribution is 4.75. The van der Waals surface area contributed by atoms with E-state index in [4.69, 9.17) is 0 Å². The SMILES string of the molecule is CCC[C@H](C(C)C)C(C)(C)C. The van der Waals surface area contributed by atoms with Crippen molar-refractivity contribution in [3.8, 4) is 0 Å². The minimum atomic E-state index is 0.490. The zero-order valence-corrected chi connectivity index (χ0v) is 9.07. The quantitative estimate of drug-likeness (QED) is 0.577. The van der Waals surface area contributed by atoms with E-state index in [1.54, 1.807) is 0 Å². The van der Waals surface area contributed by atoms with Gasteiger partial charge < -0.3 is 0 Å². The lowest BCUT2D eigenvalue weighted by atomic mass is 9.72. The van der Waals surface area contributed by atoms with Crippen LogP contribution in [0.4, 0.5) is 0 Å². The van der Waals surface area contributed by atoms with E-state index in [1.807, 2.05) is 0 Å². The van der Waals surface area contributed by atoms with Gasteiger partial charge in [0.05, 0.1) is 0 Å². The molecule has 0 bridgehead atoms. The van der Waals surface area contributed by atoms with E-state index in [1.165, 1.54) is 12.8 Å². The second-order valence-electron chi connectivity index (χ2n) is 5.01. The Balaban J connectivity index is 4.10. The van der Waals surface area contributed by atoms with Crippen LogP contribution in [0.5, 0.6) is 0 Å².